The van der Waals surface area contributed by atoms with Crippen molar-refractivity contribution in [3.05, 3.63) is 20.8 Å². The fourth-order valence-corrected chi connectivity index (χ4v) is 2.87. The second-order valence-corrected chi connectivity index (χ2v) is 5.39. The predicted octanol–water partition coefficient (Wildman–Crippen LogP) is 3.15. The van der Waals surface area contributed by atoms with E-state index in [1.165, 1.54) is 11.3 Å². The van der Waals surface area contributed by atoms with Crippen molar-refractivity contribution in [3.63, 3.8) is 0 Å². The summed E-state index contributed by atoms with van der Waals surface area (Å²) in [6, 6.07) is 3.95. The highest BCUT2D eigenvalue weighted by Crippen LogP contribution is 2.31. The number of hydrogen-bond acceptors (Lipinski definition) is 4. The van der Waals surface area contributed by atoms with Gasteiger partial charge in [0, 0.05) is 15.8 Å². The van der Waals surface area contributed by atoms with E-state index in [0.29, 0.717) is 13.0 Å². The monoisotopic (exact) mass is 301 g/mol. The van der Waals surface area contributed by atoms with Crippen LogP contribution in [-0.2, 0) is 16.0 Å². The zero-order valence-corrected chi connectivity index (χ0v) is 11.5. The van der Waals surface area contributed by atoms with Gasteiger partial charge < -0.3 is 4.74 Å². The van der Waals surface area contributed by atoms with Crippen molar-refractivity contribution in [2.45, 2.75) is 20.3 Å². The third-order valence-corrected chi connectivity index (χ3v) is 4.10. The molecule has 1 rings (SSSR count). The van der Waals surface area contributed by atoms with E-state index in [2.05, 4.69) is 15.9 Å². The van der Waals surface area contributed by atoms with Gasteiger partial charge in [-0.3, -0.25) is 4.79 Å². The second kappa shape index (κ2) is 5.46. The van der Waals surface area contributed by atoms with Crippen molar-refractivity contribution in [1.29, 1.82) is 5.26 Å². The molecule has 1 unspecified atom stereocenters. The van der Waals surface area contributed by atoms with E-state index in [1.54, 1.807) is 13.8 Å². The number of thiophene rings is 1. The van der Waals surface area contributed by atoms with E-state index >= 15 is 0 Å². The van der Waals surface area contributed by atoms with Crippen molar-refractivity contribution in [3.8, 4) is 6.07 Å². The molecule has 0 aliphatic carbocycles. The van der Waals surface area contributed by atoms with Gasteiger partial charge in [0.1, 0.15) is 0 Å². The third-order valence-electron chi connectivity index (χ3n) is 2.18. The lowest BCUT2D eigenvalue weighted by molar-refractivity contribution is -0.151. The van der Waals surface area contributed by atoms with E-state index in [0.717, 1.165) is 9.35 Å². The normalized spacial score (nSPS) is 13.9. The maximum Gasteiger partial charge on any atom is 0.326 e. The summed E-state index contributed by atoms with van der Waals surface area (Å²) in [4.78, 5) is 12.7. The van der Waals surface area contributed by atoms with Gasteiger partial charge in [-0.1, -0.05) is 0 Å². The average Bonchev–Trinajstić information content (AvgIpc) is 2.64. The summed E-state index contributed by atoms with van der Waals surface area (Å²) < 4.78 is 5.85. The molecule has 0 bridgehead atoms. The van der Waals surface area contributed by atoms with Crippen LogP contribution in [0.25, 0.3) is 0 Å². The van der Waals surface area contributed by atoms with Crippen LogP contribution in [-0.4, -0.2) is 12.6 Å². The highest BCUT2D eigenvalue weighted by molar-refractivity contribution is 9.10. The van der Waals surface area contributed by atoms with Gasteiger partial charge in [0.15, 0.2) is 5.41 Å². The Labute approximate surface area is 107 Å². The van der Waals surface area contributed by atoms with Crippen LogP contribution in [0.1, 0.15) is 18.7 Å². The number of ether oxygens (including phenoxy) is 1. The van der Waals surface area contributed by atoms with Crippen LogP contribution in [0.5, 0.6) is 0 Å². The van der Waals surface area contributed by atoms with Crippen LogP contribution in [0.4, 0.5) is 0 Å². The molecule has 0 saturated carbocycles. The molecule has 0 aromatic carbocycles. The van der Waals surface area contributed by atoms with Crippen LogP contribution < -0.4 is 0 Å². The highest BCUT2D eigenvalue weighted by atomic mass is 79.9. The number of esters is 1. The molecule has 0 fully saturated rings. The lowest BCUT2D eigenvalue weighted by Gasteiger charge is -2.18. The number of nitriles is 1. The van der Waals surface area contributed by atoms with Gasteiger partial charge in [-0.2, -0.15) is 5.26 Å². The Hall–Kier alpha value is -0.860. The molecule has 86 valence electrons. The molecule has 0 aliphatic heterocycles. The van der Waals surface area contributed by atoms with Crippen LogP contribution in [0.2, 0.25) is 0 Å². The molecule has 1 heterocycles. The van der Waals surface area contributed by atoms with Gasteiger partial charge in [0.25, 0.3) is 0 Å². The highest BCUT2D eigenvalue weighted by Gasteiger charge is 2.36. The number of nitrogens with zero attached hydrogens (tertiary/aromatic N) is 1. The molecular formula is C11H12BrNO2S. The number of hydrogen-bond donors (Lipinski definition) is 0. The zero-order chi connectivity index (χ0) is 12.2. The minimum atomic E-state index is -1.11. The molecule has 16 heavy (non-hydrogen) atoms. The molecule has 0 aliphatic rings. The number of carbonyl (C=O) groups is 1. The predicted molar refractivity (Wildman–Crippen MR) is 66.1 cm³/mol. The summed E-state index contributed by atoms with van der Waals surface area (Å²) in [5.74, 6) is -0.460. The molecule has 0 spiro atoms. The Balaban J connectivity index is 2.87. The van der Waals surface area contributed by atoms with Crippen molar-refractivity contribution in [2.75, 3.05) is 6.61 Å². The van der Waals surface area contributed by atoms with Crippen molar-refractivity contribution in [1.82, 2.24) is 0 Å². The van der Waals surface area contributed by atoms with Crippen molar-refractivity contribution < 1.29 is 9.53 Å². The maximum absolute atomic E-state index is 11.7. The van der Waals surface area contributed by atoms with E-state index < -0.39 is 11.4 Å². The molecule has 3 nitrogen and oxygen atoms in total. The van der Waals surface area contributed by atoms with E-state index in [-0.39, 0.29) is 0 Å². The summed E-state index contributed by atoms with van der Waals surface area (Å²) in [6.45, 7) is 3.63. The fourth-order valence-electron chi connectivity index (χ4n) is 1.22. The minimum absolute atomic E-state index is 0.293. The topological polar surface area (TPSA) is 50.1 Å². The first-order chi connectivity index (χ1) is 7.53. The van der Waals surface area contributed by atoms with Gasteiger partial charge in [-0.25, -0.2) is 0 Å². The van der Waals surface area contributed by atoms with Crippen LogP contribution in [0.15, 0.2) is 15.9 Å². The number of rotatable bonds is 4. The lowest BCUT2D eigenvalue weighted by Crippen LogP contribution is -2.30. The Morgan fingerprint density at radius 3 is 2.88 bits per heavy atom. The molecule has 5 heteroatoms. The van der Waals surface area contributed by atoms with Gasteiger partial charge in [0.05, 0.1) is 12.7 Å². The van der Waals surface area contributed by atoms with Crippen LogP contribution in [0.3, 0.4) is 0 Å². The molecule has 0 N–H and O–H groups in total. The lowest BCUT2D eigenvalue weighted by atomic mass is 9.88. The summed E-state index contributed by atoms with van der Waals surface area (Å²) in [6.07, 6.45) is 0.376. The van der Waals surface area contributed by atoms with Gasteiger partial charge >= 0.3 is 5.97 Å². The van der Waals surface area contributed by atoms with Crippen LogP contribution in [0, 0.1) is 16.7 Å². The van der Waals surface area contributed by atoms with Gasteiger partial charge in [-0.15, -0.1) is 11.3 Å². The maximum atomic E-state index is 11.7. The summed E-state index contributed by atoms with van der Waals surface area (Å²) >= 11 is 4.91. The van der Waals surface area contributed by atoms with Gasteiger partial charge in [0.2, 0.25) is 0 Å². The van der Waals surface area contributed by atoms with E-state index in [4.69, 9.17) is 10.00 Å². The van der Waals surface area contributed by atoms with Gasteiger partial charge in [-0.05, 0) is 41.2 Å². The molecule has 1 aromatic rings. The van der Waals surface area contributed by atoms with Crippen molar-refractivity contribution in [2.24, 2.45) is 5.41 Å². The molecule has 0 saturated heterocycles. The first-order valence-corrected chi connectivity index (χ1v) is 6.51. The quantitative estimate of drug-likeness (QED) is 0.803. The third kappa shape index (κ3) is 2.83. The summed E-state index contributed by atoms with van der Waals surface area (Å²) in [5, 5.41) is 11.0. The van der Waals surface area contributed by atoms with E-state index in [1.807, 2.05) is 17.5 Å². The Morgan fingerprint density at radius 2 is 2.44 bits per heavy atom. The fraction of sp³-hybridized carbons (Fsp3) is 0.455. The Bertz CT molecular complexity index is 424. The number of halogens is 1. The zero-order valence-electron chi connectivity index (χ0n) is 9.12. The first-order valence-electron chi connectivity index (χ1n) is 4.84. The largest absolute Gasteiger partial charge is 0.465 e. The Kier molecular flexibility index (Phi) is 4.51. The molecule has 1 atom stereocenters. The number of carbonyl (C=O) groups excluding carboxylic acids is 1. The SMILES string of the molecule is CCOC(=O)C(C)(C#N)Cc1sccc1Br. The van der Waals surface area contributed by atoms with Crippen molar-refractivity contribution >= 4 is 33.2 Å². The molecule has 0 amide bonds. The van der Waals surface area contributed by atoms with Crippen LogP contribution >= 0.6 is 27.3 Å². The summed E-state index contributed by atoms with van der Waals surface area (Å²) in [5.41, 5.74) is -1.11. The smallest absolute Gasteiger partial charge is 0.326 e. The standard InChI is InChI=1S/C11H12BrNO2S/c1-3-15-10(14)11(2,7-13)6-9-8(12)4-5-16-9/h4-5H,3,6H2,1-2H3. The molecular weight excluding hydrogens is 290 g/mol. The van der Waals surface area contributed by atoms with E-state index in [9.17, 15) is 4.79 Å². The average molecular weight is 302 g/mol. The summed E-state index contributed by atoms with van der Waals surface area (Å²) in [7, 11) is 0. The Morgan fingerprint density at radius 1 is 1.75 bits per heavy atom. The molecule has 0 radical (unpaired) electrons. The first kappa shape index (κ1) is 13.2. The minimum Gasteiger partial charge on any atom is -0.465 e. The second-order valence-electron chi connectivity index (χ2n) is 3.53. The molecule has 1 aromatic heterocycles.